The van der Waals surface area contributed by atoms with Gasteiger partial charge in [0.25, 0.3) is 16.0 Å². The number of benzene rings is 1. The number of anilines is 1. The predicted molar refractivity (Wildman–Crippen MR) is 92.3 cm³/mol. The third-order valence-corrected chi connectivity index (χ3v) is 3.81. The fourth-order valence-corrected chi connectivity index (χ4v) is 2.20. The Morgan fingerprint density at radius 2 is 2.00 bits per heavy atom. The van der Waals surface area contributed by atoms with Gasteiger partial charge in [-0.1, -0.05) is 0 Å². The summed E-state index contributed by atoms with van der Waals surface area (Å²) in [6.45, 7) is 5.00. The monoisotopic (exact) mass is 367 g/mol. The van der Waals surface area contributed by atoms with E-state index in [2.05, 4.69) is 10.6 Å². The molecule has 0 heterocycles. The van der Waals surface area contributed by atoms with Crippen LogP contribution in [-0.4, -0.2) is 38.1 Å². The number of carbonyl (C=O) groups is 1. The number of nitriles is 1. The quantitative estimate of drug-likeness (QED) is 0.262. The number of carbonyl (C=O) groups excluding carboxylic acids is 1. The number of amides is 1. The number of nitrogens with zero attached hydrogens (tertiary/aromatic N) is 1. The minimum atomic E-state index is -4.29. The zero-order chi connectivity index (χ0) is 18.9. The number of nitrogens with one attached hydrogen (secondary N) is 2. The van der Waals surface area contributed by atoms with Crippen LogP contribution in [-0.2, 0) is 19.6 Å². The van der Waals surface area contributed by atoms with E-state index in [1.807, 2.05) is 13.8 Å². The Bertz CT molecular complexity index is 749. The largest absolute Gasteiger partial charge is 0.390 e. The zero-order valence-corrected chi connectivity index (χ0v) is 14.8. The second kappa shape index (κ2) is 9.78. The van der Waals surface area contributed by atoms with Crippen molar-refractivity contribution < 1.29 is 22.5 Å². The van der Waals surface area contributed by atoms with E-state index in [0.29, 0.717) is 18.8 Å². The van der Waals surface area contributed by atoms with Crippen molar-refractivity contribution in [2.45, 2.75) is 31.3 Å². The average Bonchev–Trinajstić information content (AvgIpc) is 2.53. The van der Waals surface area contributed by atoms with Gasteiger partial charge < -0.3 is 15.4 Å². The van der Waals surface area contributed by atoms with Crippen molar-refractivity contribution in [2.24, 2.45) is 0 Å². The highest BCUT2D eigenvalue weighted by atomic mass is 32.2. The summed E-state index contributed by atoms with van der Waals surface area (Å²) >= 11 is 0. The Hall–Kier alpha value is -2.41. The molecule has 0 saturated carbocycles. The van der Waals surface area contributed by atoms with Gasteiger partial charge in [-0.05, 0) is 44.5 Å². The number of rotatable bonds is 9. The van der Waals surface area contributed by atoms with Gasteiger partial charge >= 0.3 is 0 Å². The Kier molecular flexibility index (Phi) is 8.07. The molecule has 8 nitrogen and oxygen atoms in total. The third-order valence-electron chi connectivity index (χ3n) is 2.94. The van der Waals surface area contributed by atoms with Crippen LogP contribution in [0.25, 0.3) is 0 Å². The molecule has 3 N–H and O–H groups in total. The van der Waals surface area contributed by atoms with Gasteiger partial charge in [0.05, 0.1) is 11.0 Å². The van der Waals surface area contributed by atoms with Crippen molar-refractivity contribution in [2.75, 3.05) is 18.5 Å². The average molecular weight is 367 g/mol. The standard InChI is InChI=1S/C16H21N3O5S/c1-12(2)24-9-3-8-18-11-13(10-17)16(20)19-14-4-6-15(7-5-14)25(21,22)23/h4-7,11-12,18H,3,8-9H2,1-2H3,(H,19,20)(H,21,22,23)/b13-11-. The van der Waals surface area contributed by atoms with Crippen LogP contribution in [0.4, 0.5) is 5.69 Å². The smallest absolute Gasteiger partial charge is 0.294 e. The summed E-state index contributed by atoms with van der Waals surface area (Å²) in [7, 11) is -4.29. The molecule has 9 heteroatoms. The van der Waals surface area contributed by atoms with E-state index in [4.69, 9.17) is 14.6 Å². The van der Waals surface area contributed by atoms with Gasteiger partial charge in [-0.3, -0.25) is 9.35 Å². The Morgan fingerprint density at radius 1 is 1.36 bits per heavy atom. The normalized spacial score (nSPS) is 11.9. The summed E-state index contributed by atoms with van der Waals surface area (Å²) in [6.07, 6.45) is 2.20. The Balaban J connectivity index is 2.56. The van der Waals surface area contributed by atoms with Gasteiger partial charge in [0.15, 0.2) is 0 Å². The molecule has 1 aromatic carbocycles. The first-order valence-corrected chi connectivity index (χ1v) is 9.02. The molecule has 0 bridgehead atoms. The van der Waals surface area contributed by atoms with Crippen LogP contribution in [0.2, 0.25) is 0 Å². The fourth-order valence-electron chi connectivity index (χ4n) is 1.72. The number of hydrogen-bond acceptors (Lipinski definition) is 6. The van der Waals surface area contributed by atoms with E-state index in [0.717, 1.165) is 18.6 Å². The highest BCUT2D eigenvalue weighted by molar-refractivity contribution is 7.85. The Labute approximate surface area is 147 Å². The second-order valence-electron chi connectivity index (χ2n) is 5.35. The molecule has 0 aliphatic heterocycles. The van der Waals surface area contributed by atoms with Crippen LogP contribution in [0.3, 0.4) is 0 Å². The number of ether oxygens (including phenoxy) is 1. The molecule has 0 radical (unpaired) electrons. The van der Waals surface area contributed by atoms with Crippen molar-refractivity contribution in [1.29, 1.82) is 5.26 Å². The first kappa shape index (κ1) is 20.6. The van der Waals surface area contributed by atoms with E-state index in [-0.39, 0.29) is 16.6 Å². The molecule has 0 fully saturated rings. The molecule has 0 aromatic heterocycles. The van der Waals surface area contributed by atoms with E-state index >= 15 is 0 Å². The van der Waals surface area contributed by atoms with Crippen molar-refractivity contribution in [3.8, 4) is 6.07 Å². The lowest BCUT2D eigenvalue weighted by Crippen LogP contribution is -2.18. The minimum absolute atomic E-state index is 0.122. The van der Waals surface area contributed by atoms with Crippen LogP contribution in [0.1, 0.15) is 20.3 Å². The van der Waals surface area contributed by atoms with Crippen LogP contribution >= 0.6 is 0 Å². The highest BCUT2D eigenvalue weighted by Crippen LogP contribution is 2.14. The third kappa shape index (κ3) is 7.80. The topological polar surface area (TPSA) is 129 Å². The molecule has 1 aromatic rings. The molecule has 0 atom stereocenters. The molecular weight excluding hydrogens is 346 g/mol. The lowest BCUT2D eigenvalue weighted by atomic mass is 10.2. The Morgan fingerprint density at radius 3 is 2.52 bits per heavy atom. The van der Waals surface area contributed by atoms with Crippen molar-refractivity contribution in [3.63, 3.8) is 0 Å². The van der Waals surface area contributed by atoms with E-state index < -0.39 is 16.0 Å². The van der Waals surface area contributed by atoms with E-state index in [1.54, 1.807) is 6.07 Å². The van der Waals surface area contributed by atoms with Crippen LogP contribution < -0.4 is 10.6 Å². The highest BCUT2D eigenvalue weighted by Gasteiger charge is 2.11. The molecular formula is C16H21N3O5S. The SMILES string of the molecule is CC(C)OCCCN/C=C(/C#N)C(=O)Nc1ccc(S(=O)(=O)O)cc1. The maximum Gasteiger partial charge on any atom is 0.294 e. The van der Waals surface area contributed by atoms with E-state index in [1.165, 1.54) is 18.3 Å². The molecule has 0 aliphatic rings. The first-order valence-electron chi connectivity index (χ1n) is 7.58. The summed E-state index contributed by atoms with van der Waals surface area (Å²) in [5, 5.41) is 14.4. The summed E-state index contributed by atoms with van der Waals surface area (Å²) < 4.78 is 36.2. The second-order valence-corrected chi connectivity index (χ2v) is 6.77. The van der Waals surface area contributed by atoms with Crippen LogP contribution in [0.15, 0.2) is 40.9 Å². The lowest BCUT2D eigenvalue weighted by Gasteiger charge is -2.07. The first-order chi connectivity index (χ1) is 11.7. The fraction of sp³-hybridized carbons (Fsp3) is 0.375. The van der Waals surface area contributed by atoms with Crippen LogP contribution in [0, 0.1) is 11.3 Å². The summed E-state index contributed by atoms with van der Waals surface area (Å²) in [5.74, 6) is -0.631. The molecule has 0 unspecified atom stereocenters. The molecule has 1 amide bonds. The van der Waals surface area contributed by atoms with Gasteiger partial charge in [0.2, 0.25) is 0 Å². The van der Waals surface area contributed by atoms with Crippen molar-refractivity contribution in [1.82, 2.24) is 5.32 Å². The molecule has 25 heavy (non-hydrogen) atoms. The molecule has 136 valence electrons. The molecule has 0 spiro atoms. The lowest BCUT2D eigenvalue weighted by molar-refractivity contribution is -0.112. The van der Waals surface area contributed by atoms with Gasteiger partial charge in [-0.25, -0.2) is 0 Å². The predicted octanol–water partition coefficient (Wildman–Crippen LogP) is 1.68. The summed E-state index contributed by atoms with van der Waals surface area (Å²) in [5.41, 5.74) is 0.174. The minimum Gasteiger partial charge on any atom is -0.390 e. The van der Waals surface area contributed by atoms with Crippen molar-refractivity contribution >= 4 is 21.7 Å². The van der Waals surface area contributed by atoms with Gasteiger partial charge in [-0.2, -0.15) is 13.7 Å². The zero-order valence-electron chi connectivity index (χ0n) is 14.0. The molecule has 1 rings (SSSR count). The van der Waals surface area contributed by atoms with Crippen molar-refractivity contribution in [3.05, 3.63) is 36.0 Å². The van der Waals surface area contributed by atoms with Crippen LogP contribution in [0.5, 0.6) is 0 Å². The maximum atomic E-state index is 12.0. The maximum absolute atomic E-state index is 12.0. The van der Waals surface area contributed by atoms with Gasteiger partial charge in [0, 0.05) is 25.0 Å². The summed E-state index contributed by atoms with van der Waals surface area (Å²) in [6, 6.07) is 6.70. The van der Waals surface area contributed by atoms with E-state index in [9.17, 15) is 13.2 Å². The number of hydrogen-bond donors (Lipinski definition) is 3. The molecule has 0 saturated heterocycles. The molecule has 0 aliphatic carbocycles. The summed E-state index contributed by atoms with van der Waals surface area (Å²) in [4.78, 5) is 11.7. The van der Waals surface area contributed by atoms with Gasteiger partial charge in [0.1, 0.15) is 11.6 Å². The van der Waals surface area contributed by atoms with Gasteiger partial charge in [-0.15, -0.1) is 0 Å².